The highest BCUT2D eigenvalue weighted by molar-refractivity contribution is 5.99. The minimum Gasteiger partial charge on any atom is -0.309 e. The van der Waals surface area contributed by atoms with Crippen molar-refractivity contribution in [3.8, 4) is 0 Å². The van der Waals surface area contributed by atoms with Gasteiger partial charge in [-0.05, 0) is 26.6 Å². The Kier molecular flexibility index (Phi) is 5.23. The van der Waals surface area contributed by atoms with Crippen LogP contribution >= 0.6 is 0 Å². The Bertz CT molecular complexity index is 219. The molecule has 0 N–H and O–H groups in total. The number of Topliss-reactive ketones (excluding diaryl/α,β-unsaturated/α-hetero) is 2. The topological polar surface area (TPSA) is 37.4 Å². The number of hydrogen-bond donors (Lipinski definition) is 0. The number of carbonyl (C=O) groups excluding carboxylic acids is 2. The summed E-state index contributed by atoms with van der Waals surface area (Å²) in [5.41, 5.74) is 0.425. The Balaban J connectivity index is 3.83. The lowest BCUT2D eigenvalue weighted by molar-refractivity contribution is -0.120. The SMILES string of the molecule is C=C(CC(C)=O)C(=O)CCN(C)C. The van der Waals surface area contributed by atoms with E-state index in [-0.39, 0.29) is 18.0 Å². The standard InChI is InChI=1S/C10H17NO2/c1-8(7-9(2)12)10(13)5-6-11(3)4/h1,5-7H2,2-4H3. The van der Waals surface area contributed by atoms with Crippen LogP contribution in [0.5, 0.6) is 0 Å². The van der Waals surface area contributed by atoms with Crippen LogP contribution in [0, 0.1) is 0 Å². The highest BCUT2D eigenvalue weighted by Crippen LogP contribution is 2.03. The van der Waals surface area contributed by atoms with E-state index in [2.05, 4.69) is 6.58 Å². The molecule has 0 bridgehead atoms. The molecule has 0 aliphatic rings. The van der Waals surface area contributed by atoms with Crippen molar-refractivity contribution in [3.05, 3.63) is 12.2 Å². The fourth-order valence-corrected chi connectivity index (χ4v) is 0.901. The molecule has 0 radical (unpaired) electrons. The first-order chi connectivity index (χ1) is 5.93. The van der Waals surface area contributed by atoms with Gasteiger partial charge in [0.05, 0.1) is 0 Å². The molecule has 0 aliphatic heterocycles. The van der Waals surface area contributed by atoms with Gasteiger partial charge in [-0.1, -0.05) is 6.58 Å². The molecule has 0 fully saturated rings. The van der Waals surface area contributed by atoms with Gasteiger partial charge in [-0.2, -0.15) is 0 Å². The Morgan fingerprint density at radius 1 is 1.31 bits per heavy atom. The van der Waals surface area contributed by atoms with Crippen LogP contribution in [-0.2, 0) is 9.59 Å². The summed E-state index contributed by atoms with van der Waals surface area (Å²) in [6.45, 7) is 5.75. The van der Waals surface area contributed by atoms with Gasteiger partial charge in [0.15, 0.2) is 5.78 Å². The first-order valence-corrected chi connectivity index (χ1v) is 4.28. The maximum absolute atomic E-state index is 11.3. The fraction of sp³-hybridized carbons (Fsp3) is 0.600. The van der Waals surface area contributed by atoms with Crippen LogP contribution in [0.25, 0.3) is 0 Å². The lowest BCUT2D eigenvalue weighted by atomic mass is 10.1. The predicted octanol–water partition coefficient (Wildman–Crippen LogP) is 1.04. The minimum atomic E-state index is -0.0109. The quantitative estimate of drug-likeness (QED) is 0.577. The molecule has 0 atom stereocenters. The molecule has 0 aliphatic carbocycles. The monoisotopic (exact) mass is 183 g/mol. The third-order valence-corrected chi connectivity index (χ3v) is 1.64. The lowest BCUT2D eigenvalue weighted by Gasteiger charge is -2.08. The molecule has 0 aromatic heterocycles. The van der Waals surface area contributed by atoms with E-state index < -0.39 is 0 Å². The minimum absolute atomic E-state index is 0.0103. The Labute approximate surface area is 79.4 Å². The Morgan fingerprint density at radius 2 is 1.85 bits per heavy atom. The normalized spacial score (nSPS) is 10.2. The van der Waals surface area contributed by atoms with Gasteiger partial charge in [0.1, 0.15) is 5.78 Å². The first-order valence-electron chi connectivity index (χ1n) is 4.28. The zero-order valence-corrected chi connectivity index (χ0v) is 8.59. The van der Waals surface area contributed by atoms with Crippen LogP contribution in [0.4, 0.5) is 0 Å². The van der Waals surface area contributed by atoms with E-state index in [1.165, 1.54) is 6.92 Å². The zero-order chi connectivity index (χ0) is 10.4. The van der Waals surface area contributed by atoms with Gasteiger partial charge in [-0.3, -0.25) is 9.59 Å². The molecular formula is C10H17NO2. The molecule has 3 nitrogen and oxygen atoms in total. The van der Waals surface area contributed by atoms with E-state index in [0.29, 0.717) is 18.5 Å². The van der Waals surface area contributed by atoms with Crippen LogP contribution in [0.15, 0.2) is 12.2 Å². The van der Waals surface area contributed by atoms with Crippen molar-refractivity contribution < 1.29 is 9.59 Å². The molecule has 0 amide bonds. The molecule has 74 valence electrons. The highest BCUT2D eigenvalue weighted by atomic mass is 16.1. The van der Waals surface area contributed by atoms with Crippen molar-refractivity contribution in [1.29, 1.82) is 0 Å². The van der Waals surface area contributed by atoms with E-state index in [4.69, 9.17) is 0 Å². The van der Waals surface area contributed by atoms with Crippen LogP contribution in [0.2, 0.25) is 0 Å². The van der Waals surface area contributed by atoms with Crippen LogP contribution in [0.1, 0.15) is 19.8 Å². The number of carbonyl (C=O) groups is 2. The highest BCUT2D eigenvalue weighted by Gasteiger charge is 2.08. The second kappa shape index (κ2) is 5.65. The molecule has 0 unspecified atom stereocenters. The van der Waals surface area contributed by atoms with Gasteiger partial charge in [-0.15, -0.1) is 0 Å². The summed E-state index contributed by atoms with van der Waals surface area (Å²) in [5, 5.41) is 0. The van der Waals surface area contributed by atoms with Gasteiger partial charge in [0.25, 0.3) is 0 Å². The van der Waals surface area contributed by atoms with Gasteiger partial charge in [0, 0.05) is 19.4 Å². The summed E-state index contributed by atoms with van der Waals surface area (Å²) in [5.74, 6) is -0.0212. The number of hydrogen-bond acceptors (Lipinski definition) is 3. The molecular weight excluding hydrogens is 166 g/mol. The second-order valence-electron chi connectivity index (χ2n) is 3.46. The maximum Gasteiger partial charge on any atom is 0.159 e. The van der Waals surface area contributed by atoms with Crippen LogP contribution in [-0.4, -0.2) is 37.1 Å². The van der Waals surface area contributed by atoms with Crippen molar-refractivity contribution in [2.75, 3.05) is 20.6 Å². The lowest BCUT2D eigenvalue weighted by Crippen LogP contribution is -2.17. The molecule has 0 heterocycles. The Morgan fingerprint density at radius 3 is 2.23 bits per heavy atom. The molecule has 3 heteroatoms. The van der Waals surface area contributed by atoms with Crippen LogP contribution in [0.3, 0.4) is 0 Å². The molecule has 0 spiro atoms. The molecule has 0 saturated heterocycles. The average Bonchev–Trinajstić information content (AvgIpc) is 1.98. The fourth-order valence-electron chi connectivity index (χ4n) is 0.901. The molecule has 13 heavy (non-hydrogen) atoms. The predicted molar refractivity (Wildman–Crippen MR) is 52.6 cm³/mol. The summed E-state index contributed by atoms with van der Waals surface area (Å²) < 4.78 is 0. The smallest absolute Gasteiger partial charge is 0.159 e. The number of rotatable bonds is 6. The van der Waals surface area contributed by atoms with E-state index in [0.717, 1.165) is 0 Å². The average molecular weight is 183 g/mol. The number of allylic oxidation sites excluding steroid dienone is 1. The van der Waals surface area contributed by atoms with E-state index in [1.54, 1.807) is 0 Å². The largest absolute Gasteiger partial charge is 0.309 e. The maximum atomic E-state index is 11.3. The van der Waals surface area contributed by atoms with Crippen molar-refractivity contribution in [2.24, 2.45) is 0 Å². The summed E-state index contributed by atoms with van der Waals surface area (Å²) in [4.78, 5) is 23.9. The van der Waals surface area contributed by atoms with Crippen molar-refractivity contribution in [3.63, 3.8) is 0 Å². The van der Waals surface area contributed by atoms with Crippen molar-refractivity contribution >= 4 is 11.6 Å². The third kappa shape index (κ3) is 6.22. The summed E-state index contributed by atoms with van der Waals surface area (Å²) in [6, 6.07) is 0. The van der Waals surface area contributed by atoms with E-state index in [1.807, 2.05) is 19.0 Å². The molecule has 0 saturated carbocycles. The van der Waals surface area contributed by atoms with Crippen molar-refractivity contribution in [1.82, 2.24) is 4.90 Å². The van der Waals surface area contributed by atoms with Gasteiger partial charge >= 0.3 is 0 Å². The number of nitrogens with zero attached hydrogens (tertiary/aromatic N) is 1. The molecule has 0 aromatic rings. The van der Waals surface area contributed by atoms with Gasteiger partial charge < -0.3 is 4.90 Å². The van der Waals surface area contributed by atoms with Crippen LogP contribution < -0.4 is 0 Å². The second-order valence-corrected chi connectivity index (χ2v) is 3.46. The summed E-state index contributed by atoms with van der Waals surface area (Å²) in [6.07, 6.45) is 0.630. The molecule has 0 rings (SSSR count). The van der Waals surface area contributed by atoms with E-state index >= 15 is 0 Å². The summed E-state index contributed by atoms with van der Waals surface area (Å²) >= 11 is 0. The summed E-state index contributed by atoms with van der Waals surface area (Å²) in [7, 11) is 3.81. The number of ketones is 2. The van der Waals surface area contributed by atoms with Gasteiger partial charge in [-0.25, -0.2) is 0 Å². The Hall–Kier alpha value is -0.960. The van der Waals surface area contributed by atoms with Crippen molar-refractivity contribution in [2.45, 2.75) is 19.8 Å². The van der Waals surface area contributed by atoms with Gasteiger partial charge in [0.2, 0.25) is 0 Å². The zero-order valence-electron chi connectivity index (χ0n) is 8.59. The first kappa shape index (κ1) is 12.0. The third-order valence-electron chi connectivity index (χ3n) is 1.64. The van der Waals surface area contributed by atoms with E-state index in [9.17, 15) is 9.59 Å². The molecule has 0 aromatic carbocycles.